The highest BCUT2D eigenvalue weighted by atomic mass is 19.4. The summed E-state index contributed by atoms with van der Waals surface area (Å²) in [5, 5.41) is 17.0. The van der Waals surface area contributed by atoms with Gasteiger partial charge < -0.3 is 5.32 Å². The van der Waals surface area contributed by atoms with Crippen LogP contribution in [0.25, 0.3) is 10.9 Å². The number of hydrogen-bond donors (Lipinski definition) is 2. The molecule has 0 saturated carbocycles. The molecule has 1 amide bonds. The molecular weight excluding hydrogens is 261 g/mol. The molecule has 1 aromatic heterocycles. The Hall–Kier alpha value is -2.56. The Bertz CT molecular complexity index is 669. The monoisotopic (exact) mass is 268 g/mol. The summed E-state index contributed by atoms with van der Waals surface area (Å²) in [7, 11) is 0. The van der Waals surface area contributed by atoms with E-state index in [1.807, 2.05) is 0 Å². The maximum atomic E-state index is 12.6. The first kappa shape index (κ1) is 12.9. The maximum absolute atomic E-state index is 12.6. The molecule has 0 saturated heterocycles. The number of alkyl halides is 3. The summed E-state index contributed by atoms with van der Waals surface area (Å²) in [5.41, 5.74) is -0.475. The van der Waals surface area contributed by atoms with E-state index in [9.17, 15) is 18.0 Å². The molecular formula is C11H7F3N4O. The lowest BCUT2D eigenvalue weighted by Gasteiger charge is -2.06. The summed E-state index contributed by atoms with van der Waals surface area (Å²) in [6, 6.07) is 4.67. The van der Waals surface area contributed by atoms with Gasteiger partial charge in [0.1, 0.15) is 6.42 Å². The van der Waals surface area contributed by atoms with E-state index in [1.54, 1.807) is 6.07 Å². The highest BCUT2D eigenvalue weighted by Crippen LogP contribution is 2.32. The number of halogens is 3. The fourth-order valence-electron chi connectivity index (χ4n) is 1.53. The predicted molar refractivity (Wildman–Crippen MR) is 60.0 cm³/mol. The number of aromatic nitrogens is 2. The molecule has 0 bridgehead atoms. The van der Waals surface area contributed by atoms with Crippen molar-refractivity contribution in [2.45, 2.75) is 12.6 Å². The van der Waals surface area contributed by atoms with E-state index in [0.29, 0.717) is 5.52 Å². The molecule has 0 spiro atoms. The van der Waals surface area contributed by atoms with E-state index in [0.717, 1.165) is 12.1 Å². The Kier molecular flexibility index (Phi) is 3.12. The van der Waals surface area contributed by atoms with Crippen LogP contribution in [0.2, 0.25) is 0 Å². The lowest BCUT2D eigenvalue weighted by Crippen LogP contribution is -2.10. The Morgan fingerprint density at radius 3 is 2.84 bits per heavy atom. The third-order valence-corrected chi connectivity index (χ3v) is 2.39. The van der Waals surface area contributed by atoms with E-state index in [4.69, 9.17) is 5.26 Å². The van der Waals surface area contributed by atoms with Crippen molar-refractivity contribution in [3.8, 4) is 6.07 Å². The molecule has 0 atom stereocenters. The number of hydrogen-bond acceptors (Lipinski definition) is 3. The molecule has 0 radical (unpaired) electrons. The number of carbonyl (C=O) groups excluding carboxylic acids is 1. The normalized spacial score (nSPS) is 11.3. The number of H-pyrrole nitrogens is 1. The largest absolute Gasteiger partial charge is 0.416 e. The van der Waals surface area contributed by atoms with Crippen LogP contribution in [-0.2, 0) is 11.0 Å². The molecule has 2 rings (SSSR count). The van der Waals surface area contributed by atoms with Gasteiger partial charge in [-0.1, -0.05) is 0 Å². The molecule has 2 aromatic rings. The molecule has 0 aliphatic carbocycles. The SMILES string of the molecule is N#CCC(=O)Nc1n[nH]c2ccc(C(F)(F)F)cc12. The van der Waals surface area contributed by atoms with Crippen molar-refractivity contribution >= 4 is 22.6 Å². The molecule has 5 nitrogen and oxygen atoms in total. The van der Waals surface area contributed by atoms with Crippen LogP contribution in [-0.4, -0.2) is 16.1 Å². The third-order valence-electron chi connectivity index (χ3n) is 2.39. The Balaban J connectivity index is 2.41. The molecule has 2 N–H and O–H groups in total. The minimum Gasteiger partial charge on any atom is -0.308 e. The van der Waals surface area contributed by atoms with Gasteiger partial charge in [-0.3, -0.25) is 9.89 Å². The summed E-state index contributed by atoms with van der Waals surface area (Å²) >= 11 is 0. The first-order chi connectivity index (χ1) is 8.91. The first-order valence-electron chi connectivity index (χ1n) is 5.14. The van der Waals surface area contributed by atoms with E-state index >= 15 is 0 Å². The van der Waals surface area contributed by atoms with Gasteiger partial charge in [-0.15, -0.1) is 0 Å². The first-order valence-corrected chi connectivity index (χ1v) is 5.14. The molecule has 0 aliphatic rings. The third kappa shape index (κ3) is 2.65. The van der Waals surface area contributed by atoms with Gasteiger partial charge in [0.25, 0.3) is 0 Å². The topological polar surface area (TPSA) is 81.6 Å². The van der Waals surface area contributed by atoms with Crippen molar-refractivity contribution in [3.05, 3.63) is 23.8 Å². The second kappa shape index (κ2) is 4.61. The lowest BCUT2D eigenvalue weighted by atomic mass is 10.1. The molecule has 98 valence electrons. The van der Waals surface area contributed by atoms with Gasteiger partial charge in [-0.05, 0) is 18.2 Å². The van der Waals surface area contributed by atoms with Crippen LogP contribution < -0.4 is 5.32 Å². The highest BCUT2D eigenvalue weighted by Gasteiger charge is 2.31. The molecule has 0 unspecified atom stereocenters. The second-order valence-corrected chi connectivity index (χ2v) is 3.71. The Morgan fingerprint density at radius 1 is 1.47 bits per heavy atom. The fraction of sp³-hybridized carbons (Fsp3) is 0.182. The van der Waals surface area contributed by atoms with Crippen molar-refractivity contribution in [3.63, 3.8) is 0 Å². The van der Waals surface area contributed by atoms with Gasteiger partial charge in [-0.25, -0.2) is 0 Å². The summed E-state index contributed by atoms with van der Waals surface area (Å²) in [4.78, 5) is 11.2. The number of anilines is 1. The quantitative estimate of drug-likeness (QED) is 0.877. The Labute approximate surface area is 105 Å². The van der Waals surface area contributed by atoms with Crippen LogP contribution in [0.4, 0.5) is 19.0 Å². The molecule has 19 heavy (non-hydrogen) atoms. The number of rotatable bonds is 2. The Morgan fingerprint density at radius 2 is 2.21 bits per heavy atom. The van der Waals surface area contributed by atoms with Crippen LogP contribution in [0.15, 0.2) is 18.2 Å². The van der Waals surface area contributed by atoms with Crippen molar-refractivity contribution in [2.24, 2.45) is 0 Å². The van der Waals surface area contributed by atoms with Gasteiger partial charge in [-0.2, -0.15) is 23.5 Å². The van der Waals surface area contributed by atoms with E-state index in [2.05, 4.69) is 15.5 Å². The zero-order valence-electron chi connectivity index (χ0n) is 9.38. The van der Waals surface area contributed by atoms with Crippen LogP contribution in [0.3, 0.4) is 0 Å². The summed E-state index contributed by atoms with van der Waals surface area (Å²) in [6.45, 7) is 0. The smallest absolute Gasteiger partial charge is 0.308 e. The minimum atomic E-state index is -4.47. The van der Waals surface area contributed by atoms with Crippen LogP contribution in [0, 0.1) is 11.3 Å². The van der Waals surface area contributed by atoms with Gasteiger partial charge in [0.2, 0.25) is 5.91 Å². The van der Waals surface area contributed by atoms with Gasteiger partial charge in [0.05, 0.1) is 17.1 Å². The number of benzene rings is 1. The number of carbonyl (C=O) groups is 1. The average molecular weight is 268 g/mol. The molecule has 1 heterocycles. The van der Waals surface area contributed by atoms with Crippen molar-refractivity contribution in [1.29, 1.82) is 5.26 Å². The maximum Gasteiger partial charge on any atom is 0.416 e. The lowest BCUT2D eigenvalue weighted by molar-refractivity contribution is -0.137. The number of nitrogens with zero attached hydrogens (tertiary/aromatic N) is 2. The average Bonchev–Trinajstić information content (AvgIpc) is 2.71. The second-order valence-electron chi connectivity index (χ2n) is 3.71. The van der Waals surface area contributed by atoms with Gasteiger partial charge in [0, 0.05) is 5.39 Å². The fourth-order valence-corrected chi connectivity index (χ4v) is 1.53. The van der Waals surface area contributed by atoms with Crippen molar-refractivity contribution in [2.75, 3.05) is 5.32 Å². The van der Waals surface area contributed by atoms with E-state index in [1.165, 1.54) is 6.07 Å². The summed E-state index contributed by atoms with van der Waals surface area (Å²) < 4.78 is 37.7. The summed E-state index contributed by atoms with van der Waals surface area (Å²) in [6.07, 6.45) is -4.87. The predicted octanol–water partition coefficient (Wildman–Crippen LogP) is 2.43. The van der Waals surface area contributed by atoms with Crippen LogP contribution in [0.1, 0.15) is 12.0 Å². The number of nitrogens with one attached hydrogen (secondary N) is 2. The van der Waals surface area contributed by atoms with Gasteiger partial charge >= 0.3 is 6.18 Å². The van der Waals surface area contributed by atoms with Gasteiger partial charge in [0.15, 0.2) is 5.82 Å². The number of amides is 1. The number of fused-ring (bicyclic) bond motifs is 1. The highest BCUT2D eigenvalue weighted by molar-refractivity contribution is 6.00. The van der Waals surface area contributed by atoms with Crippen LogP contribution >= 0.6 is 0 Å². The zero-order chi connectivity index (χ0) is 14.0. The molecule has 0 fully saturated rings. The van der Waals surface area contributed by atoms with Crippen molar-refractivity contribution < 1.29 is 18.0 Å². The number of nitriles is 1. The standard InChI is InChI=1S/C11H7F3N4O/c12-11(13,14)6-1-2-8-7(5-6)10(18-17-8)16-9(19)3-4-15/h1-2,5H,3H2,(H2,16,17,18,19). The molecule has 1 aromatic carbocycles. The van der Waals surface area contributed by atoms with E-state index < -0.39 is 24.1 Å². The van der Waals surface area contributed by atoms with E-state index in [-0.39, 0.29) is 11.2 Å². The molecule has 0 aliphatic heterocycles. The zero-order valence-corrected chi connectivity index (χ0v) is 9.38. The van der Waals surface area contributed by atoms with Crippen LogP contribution in [0.5, 0.6) is 0 Å². The number of aromatic amines is 1. The van der Waals surface area contributed by atoms with Crippen molar-refractivity contribution in [1.82, 2.24) is 10.2 Å². The summed E-state index contributed by atoms with van der Waals surface area (Å²) in [5.74, 6) is -0.658. The minimum absolute atomic E-state index is 0.0265. The molecule has 8 heteroatoms.